The van der Waals surface area contributed by atoms with Crippen molar-refractivity contribution in [1.29, 1.82) is 0 Å². The molecule has 2 aromatic carbocycles. The van der Waals surface area contributed by atoms with E-state index in [2.05, 4.69) is 42.8 Å². The van der Waals surface area contributed by atoms with Crippen LogP contribution in [0.15, 0.2) is 48.5 Å². The quantitative estimate of drug-likeness (QED) is 0.539. The number of anilines is 1. The van der Waals surface area contributed by atoms with Gasteiger partial charge in [0.25, 0.3) is 0 Å². The van der Waals surface area contributed by atoms with Gasteiger partial charge >= 0.3 is 0 Å². The molecule has 1 aromatic heterocycles. The predicted octanol–water partition coefficient (Wildman–Crippen LogP) is 5.37. The summed E-state index contributed by atoms with van der Waals surface area (Å²) in [5.41, 5.74) is 2.99. The molecular formula is C23H27FN4O. The van der Waals surface area contributed by atoms with Gasteiger partial charge in [0.05, 0.1) is 6.61 Å². The van der Waals surface area contributed by atoms with Crippen LogP contribution in [0.2, 0.25) is 0 Å². The lowest BCUT2D eigenvalue weighted by Crippen LogP contribution is -2.38. The van der Waals surface area contributed by atoms with Crippen molar-refractivity contribution in [2.24, 2.45) is 0 Å². The maximum Gasteiger partial charge on any atom is 0.246 e. The summed E-state index contributed by atoms with van der Waals surface area (Å²) in [5.74, 6) is 1.07. The molecule has 0 saturated heterocycles. The molecule has 3 aromatic rings. The van der Waals surface area contributed by atoms with Crippen molar-refractivity contribution >= 4 is 5.95 Å². The molecule has 0 spiro atoms. The fourth-order valence-corrected chi connectivity index (χ4v) is 3.36. The molecule has 0 bridgehead atoms. The van der Waals surface area contributed by atoms with Gasteiger partial charge in [-0.3, -0.25) is 0 Å². The molecule has 3 rings (SSSR count). The molecule has 29 heavy (non-hydrogen) atoms. The average Bonchev–Trinajstić information content (AvgIpc) is 2.69. The number of benzene rings is 2. The minimum atomic E-state index is -0.287. The Balaban J connectivity index is 2.13. The Kier molecular flexibility index (Phi) is 6.42. The van der Waals surface area contributed by atoms with Gasteiger partial charge in [0, 0.05) is 23.2 Å². The van der Waals surface area contributed by atoms with Crippen molar-refractivity contribution in [3.63, 3.8) is 0 Å². The van der Waals surface area contributed by atoms with E-state index in [1.807, 2.05) is 31.2 Å². The Morgan fingerprint density at radius 1 is 0.828 bits per heavy atom. The maximum atomic E-state index is 13.5. The highest BCUT2D eigenvalue weighted by Crippen LogP contribution is 2.31. The average molecular weight is 394 g/mol. The Labute approximate surface area is 171 Å². The first-order valence-corrected chi connectivity index (χ1v) is 9.93. The third kappa shape index (κ3) is 4.70. The van der Waals surface area contributed by atoms with Crippen LogP contribution >= 0.6 is 0 Å². The van der Waals surface area contributed by atoms with Gasteiger partial charge in [0.1, 0.15) is 23.0 Å². The third-order valence-corrected chi connectivity index (χ3v) is 4.58. The summed E-state index contributed by atoms with van der Waals surface area (Å²) in [5, 5.41) is 8.94. The van der Waals surface area contributed by atoms with Gasteiger partial charge in [0.15, 0.2) is 0 Å². The van der Waals surface area contributed by atoms with Crippen LogP contribution in [-0.2, 0) is 0 Å². The molecule has 1 heterocycles. The Hall–Kier alpha value is -3.02. The Bertz CT molecular complexity index is 932. The molecule has 0 N–H and O–H groups in total. The summed E-state index contributed by atoms with van der Waals surface area (Å²) < 4.78 is 19.0. The maximum absolute atomic E-state index is 13.5. The van der Waals surface area contributed by atoms with Crippen LogP contribution in [0.4, 0.5) is 10.3 Å². The molecule has 0 saturated carbocycles. The molecule has 0 amide bonds. The number of rotatable bonds is 7. The van der Waals surface area contributed by atoms with E-state index in [-0.39, 0.29) is 17.9 Å². The van der Waals surface area contributed by atoms with Gasteiger partial charge in [-0.1, -0.05) is 0 Å². The monoisotopic (exact) mass is 394 g/mol. The lowest BCUT2D eigenvalue weighted by atomic mass is 10.0. The van der Waals surface area contributed by atoms with Gasteiger partial charge in [-0.25, -0.2) is 9.37 Å². The van der Waals surface area contributed by atoms with Crippen LogP contribution < -0.4 is 9.64 Å². The highest BCUT2D eigenvalue weighted by Gasteiger charge is 2.21. The topological polar surface area (TPSA) is 51.1 Å². The molecule has 152 valence electrons. The number of aromatic nitrogens is 3. The molecule has 0 aliphatic heterocycles. The Morgan fingerprint density at radius 2 is 1.38 bits per heavy atom. The smallest absolute Gasteiger partial charge is 0.246 e. The van der Waals surface area contributed by atoms with Gasteiger partial charge in [-0.2, -0.15) is 0 Å². The van der Waals surface area contributed by atoms with Crippen LogP contribution in [0.3, 0.4) is 0 Å². The van der Waals surface area contributed by atoms with Crippen molar-refractivity contribution in [3.8, 4) is 28.3 Å². The van der Waals surface area contributed by atoms with Crippen LogP contribution in [-0.4, -0.2) is 33.9 Å². The highest BCUT2D eigenvalue weighted by molar-refractivity contribution is 5.78. The number of halogens is 1. The first kappa shape index (κ1) is 20.7. The normalized spacial score (nSPS) is 11.2. The molecule has 6 heteroatoms. The number of nitrogens with zero attached hydrogens (tertiary/aromatic N) is 4. The van der Waals surface area contributed by atoms with Crippen LogP contribution in [0.5, 0.6) is 5.75 Å². The summed E-state index contributed by atoms with van der Waals surface area (Å²) in [4.78, 5) is 6.96. The molecule has 0 aliphatic rings. The van der Waals surface area contributed by atoms with Crippen LogP contribution in [0, 0.1) is 5.82 Å². The predicted molar refractivity (Wildman–Crippen MR) is 115 cm³/mol. The molecule has 0 atom stereocenters. The zero-order valence-electron chi connectivity index (χ0n) is 17.6. The number of ether oxygens (including phenoxy) is 1. The zero-order valence-corrected chi connectivity index (χ0v) is 17.6. The van der Waals surface area contributed by atoms with Gasteiger partial charge < -0.3 is 9.64 Å². The van der Waals surface area contributed by atoms with E-state index in [1.54, 1.807) is 12.1 Å². The van der Waals surface area contributed by atoms with Crippen molar-refractivity contribution in [1.82, 2.24) is 15.2 Å². The Morgan fingerprint density at radius 3 is 1.93 bits per heavy atom. The molecule has 0 aliphatic carbocycles. The third-order valence-electron chi connectivity index (χ3n) is 4.58. The zero-order chi connectivity index (χ0) is 21.0. The van der Waals surface area contributed by atoms with E-state index in [0.717, 1.165) is 16.9 Å². The number of hydrogen-bond donors (Lipinski definition) is 0. The van der Waals surface area contributed by atoms with Gasteiger partial charge in [-0.05, 0) is 83.1 Å². The van der Waals surface area contributed by atoms with Gasteiger partial charge in [0.2, 0.25) is 5.95 Å². The van der Waals surface area contributed by atoms with E-state index >= 15 is 0 Å². The molecule has 5 nitrogen and oxygen atoms in total. The van der Waals surface area contributed by atoms with Crippen molar-refractivity contribution in [2.45, 2.75) is 46.7 Å². The molecular weight excluding hydrogens is 367 g/mol. The van der Waals surface area contributed by atoms with E-state index in [1.165, 1.54) is 12.1 Å². The van der Waals surface area contributed by atoms with Crippen molar-refractivity contribution < 1.29 is 9.13 Å². The lowest BCUT2D eigenvalue weighted by Gasteiger charge is -2.30. The summed E-state index contributed by atoms with van der Waals surface area (Å²) in [6, 6.07) is 14.4. The fraction of sp³-hybridized carbons (Fsp3) is 0.348. The van der Waals surface area contributed by atoms with Crippen LogP contribution in [0.1, 0.15) is 34.6 Å². The first-order chi connectivity index (χ1) is 13.9. The largest absolute Gasteiger partial charge is 0.494 e. The van der Waals surface area contributed by atoms with E-state index in [9.17, 15) is 4.39 Å². The van der Waals surface area contributed by atoms with Gasteiger partial charge in [-0.15, -0.1) is 10.2 Å². The number of hydrogen-bond acceptors (Lipinski definition) is 5. The molecule has 0 unspecified atom stereocenters. The summed E-state index contributed by atoms with van der Waals surface area (Å²) in [6.45, 7) is 10.9. The SMILES string of the molecule is CCOc1ccc(-c2nnc(N(C(C)C)C(C)C)nc2-c2ccc(F)cc2)cc1. The standard InChI is InChI=1S/C23H27FN4O/c1-6-29-20-13-9-18(10-14-20)22-21(17-7-11-19(24)12-8-17)25-23(27-26-22)28(15(2)3)16(4)5/h7-16H,6H2,1-5H3. The minimum Gasteiger partial charge on any atom is -0.494 e. The lowest BCUT2D eigenvalue weighted by molar-refractivity contribution is 0.340. The molecule has 0 radical (unpaired) electrons. The van der Waals surface area contributed by atoms with E-state index in [4.69, 9.17) is 9.72 Å². The summed E-state index contributed by atoms with van der Waals surface area (Å²) in [6.07, 6.45) is 0. The molecule has 0 fully saturated rings. The van der Waals surface area contributed by atoms with Crippen LogP contribution in [0.25, 0.3) is 22.5 Å². The van der Waals surface area contributed by atoms with Crippen molar-refractivity contribution in [3.05, 3.63) is 54.3 Å². The van der Waals surface area contributed by atoms with Crippen molar-refractivity contribution in [2.75, 3.05) is 11.5 Å². The summed E-state index contributed by atoms with van der Waals surface area (Å²) in [7, 11) is 0. The second-order valence-electron chi connectivity index (χ2n) is 7.37. The first-order valence-electron chi connectivity index (χ1n) is 9.93. The second kappa shape index (κ2) is 8.99. The second-order valence-corrected chi connectivity index (χ2v) is 7.37. The van der Waals surface area contributed by atoms with E-state index < -0.39 is 0 Å². The fourth-order valence-electron chi connectivity index (χ4n) is 3.36. The minimum absolute atomic E-state index is 0.217. The summed E-state index contributed by atoms with van der Waals surface area (Å²) >= 11 is 0. The van der Waals surface area contributed by atoms with E-state index in [0.29, 0.717) is 23.9 Å². The highest BCUT2D eigenvalue weighted by atomic mass is 19.1.